The molecule has 0 saturated carbocycles. The van der Waals surface area contributed by atoms with Crippen molar-refractivity contribution in [3.05, 3.63) is 48.6 Å². The molecule has 0 fully saturated rings. The molecule has 3 nitrogen and oxygen atoms in total. The molecular weight excluding hydrogens is 205 g/mol. The number of aromatic amines is 1. The summed E-state index contributed by atoms with van der Waals surface area (Å²) in [7, 11) is 0. The number of pyridine rings is 1. The minimum atomic E-state index is -0.243. The smallest absolute Gasteiger partial charge is 0.144 e. The molecule has 5 heteroatoms. The molecule has 0 aliphatic carbocycles. The van der Waals surface area contributed by atoms with E-state index in [1.807, 2.05) is 0 Å². The maximum Gasteiger partial charge on any atom is 0.144 e. The number of aromatic nitrogens is 3. The van der Waals surface area contributed by atoms with Crippen molar-refractivity contribution in [2.45, 2.75) is 6.92 Å². The molecule has 0 radical (unpaired) electrons. The van der Waals surface area contributed by atoms with Crippen LogP contribution < -0.4 is 0 Å². The number of hydrogen-bond donors (Lipinski definition) is 1. The van der Waals surface area contributed by atoms with E-state index in [1.165, 1.54) is 6.07 Å². The van der Waals surface area contributed by atoms with Gasteiger partial charge in [0.25, 0.3) is 0 Å². The molecule has 0 aliphatic rings. The van der Waals surface area contributed by atoms with Gasteiger partial charge < -0.3 is 4.98 Å². The molecule has 2 rings (SSSR count). The van der Waals surface area contributed by atoms with Crippen molar-refractivity contribution in [3.63, 3.8) is 0 Å². The fourth-order valence-electron chi connectivity index (χ4n) is 0.680. The van der Waals surface area contributed by atoms with Crippen LogP contribution in [0.15, 0.2) is 37.1 Å². The van der Waals surface area contributed by atoms with Gasteiger partial charge in [0.05, 0.1) is 12.0 Å². The third kappa shape index (κ3) is 4.57. The molecule has 2 aromatic rings. The summed E-state index contributed by atoms with van der Waals surface area (Å²) in [5.74, 6) is -0.243. The van der Waals surface area contributed by atoms with Gasteiger partial charge in [-0.05, 0) is 19.1 Å². The van der Waals surface area contributed by atoms with Crippen molar-refractivity contribution >= 4 is 12.4 Å². The van der Waals surface area contributed by atoms with Gasteiger partial charge in [0.2, 0.25) is 0 Å². The number of aryl methyl sites for hydroxylation is 1. The molecule has 1 N–H and O–H groups in total. The highest BCUT2D eigenvalue weighted by Gasteiger charge is 1.90. The average Bonchev–Trinajstić information content (AvgIpc) is 2.68. The van der Waals surface area contributed by atoms with Crippen molar-refractivity contribution in [2.24, 2.45) is 0 Å². The van der Waals surface area contributed by atoms with Gasteiger partial charge in [-0.15, -0.1) is 12.4 Å². The molecular formula is C9H11ClFN3. The van der Waals surface area contributed by atoms with E-state index >= 15 is 0 Å². The molecule has 0 spiro atoms. The van der Waals surface area contributed by atoms with E-state index in [1.54, 1.807) is 37.9 Å². The molecule has 76 valence electrons. The first-order chi connectivity index (χ1) is 6.30. The lowest BCUT2D eigenvalue weighted by Crippen LogP contribution is -1.82. The Morgan fingerprint density at radius 3 is 2.43 bits per heavy atom. The first-order valence-corrected chi connectivity index (χ1v) is 3.80. The van der Waals surface area contributed by atoms with Crippen LogP contribution in [-0.2, 0) is 0 Å². The molecule has 0 amide bonds. The van der Waals surface area contributed by atoms with Crippen molar-refractivity contribution in [1.82, 2.24) is 15.0 Å². The van der Waals surface area contributed by atoms with Crippen molar-refractivity contribution in [1.29, 1.82) is 0 Å². The van der Waals surface area contributed by atoms with Gasteiger partial charge >= 0.3 is 0 Å². The Kier molecular flexibility index (Phi) is 6.32. The molecule has 0 saturated heterocycles. The largest absolute Gasteiger partial charge is 0.351 e. The molecule has 0 aromatic carbocycles. The highest BCUT2D eigenvalue weighted by atomic mass is 35.5. The predicted molar refractivity (Wildman–Crippen MR) is 54.8 cm³/mol. The quantitative estimate of drug-likeness (QED) is 0.733. The van der Waals surface area contributed by atoms with Crippen LogP contribution in [0, 0.1) is 12.7 Å². The molecule has 14 heavy (non-hydrogen) atoms. The van der Waals surface area contributed by atoms with Gasteiger partial charge in [-0.1, -0.05) is 0 Å². The summed E-state index contributed by atoms with van der Waals surface area (Å²) >= 11 is 0. The zero-order valence-corrected chi connectivity index (χ0v) is 8.46. The second kappa shape index (κ2) is 7.03. The van der Waals surface area contributed by atoms with Crippen molar-refractivity contribution < 1.29 is 4.39 Å². The fraction of sp³-hybridized carbons (Fsp3) is 0.111. The zero-order chi connectivity index (χ0) is 9.52. The lowest BCUT2D eigenvalue weighted by Gasteiger charge is -1.88. The SMILES string of the molecule is Cc1ncccc1F.Cl.c1c[nH]cn1. The Morgan fingerprint density at radius 1 is 1.36 bits per heavy atom. The normalized spacial score (nSPS) is 8.14. The zero-order valence-electron chi connectivity index (χ0n) is 7.64. The van der Waals surface area contributed by atoms with E-state index in [9.17, 15) is 4.39 Å². The Labute approximate surface area is 87.8 Å². The van der Waals surface area contributed by atoms with Crippen LogP contribution in [0.4, 0.5) is 4.39 Å². The summed E-state index contributed by atoms with van der Waals surface area (Å²) in [5.41, 5.74) is 0.451. The second-order valence-corrected chi connectivity index (χ2v) is 2.33. The lowest BCUT2D eigenvalue weighted by atomic mass is 10.4. The summed E-state index contributed by atoms with van der Waals surface area (Å²) in [5, 5.41) is 0. The molecule has 2 heterocycles. The lowest BCUT2D eigenvalue weighted by molar-refractivity contribution is 0.610. The van der Waals surface area contributed by atoms with E-state index < -0.39 is 0 Å². The summed E-state index contributed by atoms with van der Waals surface area (Å²) in [6.07, 6.45) is 6.65. The van der Waals surface area contributed by atoms with Crippen LogP contribution in [-0.4, -0.2) is 15.0 Å². The highest BCUT2D eigenvalue weighted by molar-refractivity contribution is 5.85. The minimum absolute atomic E-state index is 0. The number of hydrogen-bond acceptors (Lipinski definition) is 2. The van der Waals surface area contributed by atoms with E-state index in [4.69, 9.17) is 0 Å². The Balaban J connectivity index is 0.000000246. The van der Waals surface area contributed by atoms with Crippen LogP contribution >= 0.6 is 12.4 Å². The number of nitrogens with one attached hydrogen (secondary N) is 1. The first kappa shape index (κ1) is 12.6. The van der Waals surface area contributed by atoms with Crippen LogP contribution in [0.3, 0.4) is 0 Å². The first-order valence-electron chi connectivity index (χ1n) is 3.80. The minimum Gasteiger partial charge on any atom is -0.351 e. The van der Waals surface area contributed by atoms with Crippen LogP contribution in [0.2, 0.25) is 0 Å². The fourth-order valence-corrected chi connectivity index (χ4v) is 0.680. The van der Waals surface area contributed by atoms with Gasteiger partial charge in [0.1, 0.15) is 5.82 Å². The predicted octanol–water partition coefficient (Wildman–Crippen LogP) is 2.36. The Bertz CT molecular complexity index is 299. The summed E-state index contributed by atoms with van der Waals surface area (Å²) < 4.78 is 12.3. The van der Waals surface area contributed by atoms with E-state index in [-0.39, 0.29) is 18.2 Å². The number of nitrogens with zero attached hydrogens (tertiary/aromatic N) is 2. The maximum absolute atomic E-state index is 12.3. The van der Waals surface area contributed by atoms with Gasteiger partial charge in [-0.3, -0.25) is 4.98 Å². The number of rotatable bonds is 0. The van der Waals surface area contributed by atoms with E-state index in [0.29, 0.717) is 5.69 Å². The Hall–Kier alpha value is -1.42. The van der Waals surface area contributed by atoms with Crippen molar-refractivity contribution in [2.75, 3.05) is 0 Å². The Morgan fingerprint density at radius 2 is 2.14 bits per heavy atom. The monoisotopic (exact) mass is 215 g/mol. The second-order valence-electron chi connectivity index (χ2n) is 2.33. The third-order valence-corrected chi connectivity index (χ3v) is 1.35. The van der Waals surface area contributed by atoms with Crippen LogP contribution in [0.1, 0.15) is 5.69 Å². The molecule has 0 bridgehead atoms. The number of halogens is 2. The molecule has 0 unspecified atom stereocenters. The van der Waals surface area contributed by atoms with Gasteiger partial charge in [-0.25, -0.2) is 9.37 Å². The van der Waals surface area contributed by atoms with E-state index in [2.05, 4.69) is 15.0 Å². The summed E-state index contributed by atoms with van der Waals surface area (Å²) in [6.45, 7) is 1.63. The summed E-state index contributed by atoms with van der Waals surface area (Å²) in [4.78, 5) is 10.1. The van der Waals surface area contributed by atoms with Crippen molar-refractivity contribution in [3.8, 4) is 0 Å². The topological polar surface area (TPSA) is 41.6 Å². The number of H-pyrrole nitrogens is 1. The maximum atomic E-state index is 12.3. The number of imidazole rings is 1. The van der Waals surface area contributed by atoms with Gasteiger partial charge in [-0.2, -0.15) is 0 Å². The molecule has 2 aromatic heterocycles. The third-order valence-electron chi connectivity index (χ3n) is 1.35. The molecule has 0 atom stereocenters. The molecule has 0 aliphatic heterocycles. The van der Waals surface area contributed by atoms with Gasteiger partial charge in [0, 0.05) is 18.6 Å². The summed E-state index contributed by atoms with van der Waals surface area (Å²) in [6, 6.07) is 2.96. The van der Waals surface area contributed by atoms with Gasteiger partial charge in [0.15, 0.2) is 0 Å². The highest BCUT2D eigenvalue weighted by Crippen LogP contribution is 1.97. The van der Waals surface area contributed by atoms with Crippen LogP contribution in [0.25, 0.3) is 0 Å². The average molecular weight is 216 g/mol. The van der Waals surface area contributed by atoms with Crippen LogP contribution in [0.5, 0.6) is 0 Å². The van der Waals surface area contributed by atoms with E-state index in [0.717, 1.165) is 0 Å². The standard InChI is InChI=1S/C6H6FN.C3H4N2.ClH/c1-5-6(7)3-2-4-8-5;1-2-5-3-4-1;/h2-4H,1H3;1-3H,(H,4,5);1H.